The van der Waals surface area contributed by atoms with Gasteiger partial charge in [0, 0.05) is 25.0 Å². The molecule has 106 valence electrons. The molecular weight excluding hydrogens is 258 g/mol. The zero-order chi connectivity index (χ0) is 14.8. The molecule has 0 saturated heterocycles. The fourth-order valence-electron chi connectivity index (χ4n) is 2.49. The number of benzene rings is 2. The highest BCUT2D eigenvalue weighted by molar-refractivity contribution is 5.61. The molecule has 1 heterocycles. The van der Waals surface area contributed by atoms with E-state index in [-0.39, 0.29) is 0 Å². The third-order valence-electron chi connectivity index (χ3n) is 3.53. The molecule has 0 N–H and O–H groups in total. The van der Waals surface area contributed by atoms with Gasteiger partial charge in [-0.1, -0.05) is 24.3 Å². The zero-order valence-corrected chi connectivity index (χ0v) is 12.6. The van der Waals surface area contributed by atoms with Crippen molar-refractivity contribution in [1.29, 1.82) is 0 Å². The van der Waals surface area contributed by atoms with E-state index < -0.39 is 0 Å². The SMILES string of the molecule is Cc1cc(C)cc(N(C)c2ccn(-c3ccccc3)n2)c1. The molecular formula is C18H19N3. The molecule has 0 aliphatic heterocycles. The second-order valence-corrected chi connectivity index (χ2v) is 5.36. The van der Waals surface area contributed by atoms with Crippen molar-refractivity contribution in [3.05, 3.63) is 71.9 Å². The van der Waals surface area contributed by atoms with Crippen molar-refractivity contribution in [1.82, 2.24) is 9.78 Å². The third kappa shape index (κ3) is 2.82. The fraction of sp³-hybridized carbons (Fsp3) is 0.167. The van der Waals surface area contributed by atoms with E-state index in [9.17, 15) is 0 Å². The smallest absolute Gasteiger partial charge is 0.155 e. The first-order valence-electron chi connectivity index (χ1n) is 7.06. The molecule has 21 heavy (non-hydrogen) atoms. The van der Waals surface area contributed by atoms with E-state index in [1.54, 1.807) is 0 Å². The standard InChI is InChI=1S/C18H19N3/c1-14-11-15(2)13-17(12-14)20(3)18-9-10-21(19-18)16-7-5-4-6-8-16/h4-13H,1-3H3. The normalized spacial score (nSPS) is 10.6. The maximum Gasteiger partial charge on any atom is 0.155 e. The van der Waals surface area contributed by atoms with Gasteiger partial charge in [0.25, 0.3) is 0 Å². The second-order valence-electron chi connectivity index (χ2n) is 5.36. The first kappa shape index (κ1) is 13.4. The lowest BCUT2D eigenvalue weighted by molar-refractivity contribution is 0.872. The summed E-state index contributed by atoms with van der Waals surface area (Å²) >= 11 is 0. The van der Waals surface area contributed by atoms with Gasteiger partial charge < -0.3 is 4.90 Å². The largest absolute Gasteiger partial charge is 0.328 e. The summed E-state index contributed by atoms with van der Waals surface area (Å²) in [5.74, 6) is 0.934. The van der Waals surface area contributed by atoms with Crippen LogP contribution in [0.15, 0.2) is 60.8 Å². The van der Waals surface area contributed by atoms with Crippen LogP contribution in [0.3, 0.4) is 0 Å². The van der Waals surface area contributed by atoms with E-state index in [4.69, 9.17) is 0 Å². The van der Waals surface area contributed by atoms with Crippen LogP contribution in [0.25, 0.3) is 5.69 Å². The molecule has 0 atom stereocenters. The van der Waals surface area contributed by atoms with Crippen molar-refractivity contribution in [2.24, 2.45) is 0 Å². The highest BCUT2D eigenvalue weighted by atomic mass is 15.3. The summed E-state index contributed by atoms with van der Waals surface area (Å²) in [7, 11) is 2.05. The number of aromatic nitrogens is 2. The van der Waals surface area contributed by atoms with Crippen LogP contribution in [0.1, 0.15) is 11.1 Å². The quantitative estimate of drug-likeness (QED) is 0.713. The summed E-state index contributed by atoms with van der Waals surface area (Å²) in [6.07, 6.45) is 1.99. The highest BCUT2D eigenvalue weighted by Crippen LogP contribution is 2.24. The predicted octanol–water partition coefficient (Wildman–Crippen LogP) is 4.26. The summed E-state index contributed by atoms with van der Waals surface area (Å²) in [5.41, 5.74) is 4.75. The van der Waals surface area contributed by atoms with E-state index in [1.807, 2.05) is 54.3 Å². The first-order valence-corrected chi connectivity index (χ1v) is 7.06. The molecule has 0 fully saturated rings. The van der Waals surface area contributed by atoms with Crippen molar-refractivity contribution in [2.45, 2.75) is 13.8 Å². The average molecular weight is 277 g/mol. The topological polar surface area (TPSA) is 21.1 Å². The number of anilines is 2. The summed E-state index contributed by atoms with van der Waals surface area (Å²) < 4.78 is 1.90. The van der Waals surface area contributed by atoms with Gasteiger partial charge in [-0.25, -0.2) is 4.68 Å². The molecule has 0 aliphatic carbocycles. The minimum atomic E-state index is 0.934. The monoisotopic (exact) mass is 277 g/mol. The molecule has 2 aromatic carbocycles. The van der Waals surface area contributed by atoms with Gasteiger partial charge in [-0.2, -0.15) is 0 Å². The molecule has 3 rings (SSSR count). The lowest BCUT2D eigenvalue weighted by Crippen LogP contribution is -2.11. The first-order chi connectivity index (χ1) is 10.1. The minimum Gasteiger partial charge on any atom is -0.328 e. The van der Waals surface area contributed by atoms with Crippen LogP contribution in [0.5, 0.6) is 0 Å². The van der Waals surface area contributed by atoms with Crippen LogP contribution in [0, 0.1) is 13.8 Å². The van der Waals surface area contributed by atoms with Crippen LogP contribution in [-0.2, 0) is 0 Å². The van der Waals surface area contributed by atoms with E-state index in [0.717, 1.165) is 17.2 Å². The van der Waals surface area contributed by atoms with Crippen molar-refractivity contribution >= 4 is 11.5 Å². The van der Waals surface area contributed by atoms with Gasteiger partial charge in [0.2, 0.25) is 0 Å². The fourth-order valence-corrected chi connectivity index (χ4v) is 2.49. The van der Waals surface area contributed by atoms with Crippen molar-refractivity contribution in [2.75, 3.05) is 11.9 Å². The Morgan fingerprint density at radius 3 is 2.24 bits per heavy atom. The van der Waals surface area contributed by atoms with Crippen molar-refractivity contribution in [3.63, 3.8) is 0 Å². The minimum absolute atomic E-state index is 0.934. The predicted molar refractivity (Wildman–Crippen MR) is 87.5 cm³/mol. The summed E-state index contributed by atoms with van der Waals surface area (Å²) in [6.45, 7) is 4.24. The Kier molecular flexibility index (Phi) is 3.48. The number of nitrogens with zero attached hydrogens (tertiary/aromatic N) is 3. The summed E-state index contributed by atoms with van der Waals surface area (Å²) in [5, 5.41) is 4.66. The molecule has 0 unspecified atom stereocenters. The Morgan fingerprint density at radius 2 is 1.57 bits per heavy atom. The Balaban J connectivity index is 1.92. The molecule has 1 aromatic heterocycles. The van der Waals surface area contributed by atoms with Gasteiger partial charge in [0.1, 0.15) is 0 Å². The van der Waals surface area contributed by atoms with E-state index in [0.29, 0.717) is 0 Å². The number of hydrogen-bond acceptors (Lipinski definition) is 2. The maximum absolute atomic E-state index is 4.66. The van der Waals surface area contributed by atoms with Gasteiger partial charge in [0.15, 0.2) is 5.82 Å². The molecule has 0 radical (unpaired) electrons. The molecule has 3 aromatic rings. The Morgan fingerprint density at radius 1 is 0.905 bits per heavy atom. The number of hydrogen-bond donors (Lipinski definition) is 0. The second kappa shape index (κ2) is 5.44. The third-order valence-corrected chi connectivity index (χ3v) is 3.53. The van der Waals surface area contributed by atoms with Crippen LogP contribution >= 0.6 is 0 Å². The number of aryl methyl sites for hydroxylation is 2. The molecule has 0 spiro atoms. The van der Waals surface area contributed by atoms with Crippen molar-refractivity contribution in [3.8, 4) is 5.69 Å². The maximum atomic E-state index is 4.66. The molecule has 0 aliphatic rings. The number of rotatable bonds is 3. The average Bonchev–Trinajstić information content (AvgIpc) is 2.96. The van der Waals surface area contributed by atoms with Gasteiger partial charge in [0.05, 0.1) is 5.69 Å². The molecule has 3 nitrogen and oxygen atoms in total. The summed E-state index contributed by atoms with van der Waals surface area (Å²) in [6, 6.07) is 18.7. The van der Waals surface area contributed by atoms with Gasteiger partial charge >= 0.3 is 0 Å². The number of para-hydroxylation sites is 1. The van der Waals surface area contributed by atoms with Crippen LogP contribution in [0.2, 0.25) is 0 Å². The van der Waals surface area contributed by atoms with Crippen LogP contribution in [-0.4, -0.2) is 16.8 Å². The highest BCUT2D eigenvalue weighted by Gasteiger charge is 2.09. The van der Waals surface area contributed by atoms with Crippen LogP contribution in [0.4, 0.5) is 11.5 Å². The van der Waals surface area contributed by atoms with Crippen molar-refractivity contribution < 1.29 is 0 Å². The lowest BCUT2D eigenvalue weighted by Gasteiger charge is -2.17. The Labute approximate surface area is 125 Å². The molecule has 0 bridgehead atoms. The van der Waals surface area contributed by atoms with Gasteiger partial charge in [-0.15, -0.1) is 5.10 Å². The van der Waals surface area contributed by atoms with Crippen LogP contribution < -0.4 is 4.90 Å². The zero-order valence-electron chi connectivity index (χ0n) is 12.6. The van der Waals surface area contributed by atoms with E-state index in [1.165, 1.54) is 11.1 Å². The molecule has 3 heteroatoms. The Hall–Kier alpha value is -2.55. The molecule has 0 saturated carbocycles. The van der Waals surface area contributed by atoms with E-state index >= 15 is 0 Å². The molecule has 0 amide bonds. The Bertz CT molecular complexity index is 724. The van der Waals surface area contributed by atoms with Gasteiger partial charge in [-0.3, -0.25) is 0 Å². The van der Waals surface area contributed by atoms with E-state index in [2.05, 4.69) is 42.0 Å². The van der Waals surface area contributed by atoms with Gasteiger partial charge in [-0.05, 0) is 49.2 Å². The lowest BCUT2D eigenvalue weighted by atomic mass is 10.1. The summed E-state index contributed by atoms with van der Waals surface area (Å²) in [4.78, 5) is 2.11.